The lowest BCUT2D eigenvalue weighted by molar-refractivity contribution is 0.372. The van der Waals surface area contributed by atoms with Gasteiger partial charge in [-0.1, -0.05) is 30.3 Å². The summed E-state index contributed by atoms with van der Waals surface area (Å²) in [6.07, 6.45) is -0.0956. The second-order valence-corrected chi connectivity index (χ2v) is 3.15. The van der Waals surface area contributed by atoms with Crippen molar-refractivity contribution in [1.82, 2.24) is 0 Å². The number of hydrogen-bond donors (Lipinski definition) is 4. The molecule has 0 saturated carbocycles. The summed E-state index contributed by atoms with van der Waals surface area (Å²) < 4.78 is 0. The molecule has 14 heavy (non-hydrogen) atoms. The van der Waals surface area contributed by atoms with E-state index in [1.54, 1.807) is 30.3 Å². The van der Waals surface area contributed by atoms with E-state index >= 15 is 0 Å². The first-order valence-corrected chi connectivity index (χ1v) is 4.38. The van der Waals surface area contributed by atoms with Crippen molar-refractivity contribution in [2.45, 2.75) is 12.1 Å². The Morgan fingerprint density at radius 2 is 1.57 bits per heavy atom. The molecule has 1 rings (SSSR count). The van der Waals surface area contributed by atoms with Gasteiger partial charge >= 0.3 is 14.2 Å². The van der Waals surface area contributed by atoms with Gasteiger partial charge in [0.2, 0.25) is 0 Å². The number of benzene rings is 1. The molecule has 0 heterocycles. The van der Waals surface area contributed by atoms with Crippen LogP contribution in [0.15, 0.2) is 30.3 Å². The van der Waals surface area contributed by atoms with Crippen LogP contribution in [0.2, 0.25) is 6.32 Å². The lowest BCUT2D eigenvalue weighted by Crippen LogP contribution is -2.28. The molecule has 74 valence electrons. The Balaban J connectivity index is 2.78. The molecule has 0 amide bonds. The summed E-state index contributed by atoms with van der Waals surface area (Å²) in [7, 11) is -3.12. The minimum atomic E-state index is -1.58. The standard InChI is InChI=1S/C8H12B2O4/c11-9(12)6-8(10(13)14)7-4-2-1-3-5-7/h1-5,8,11-14H,6H2. The van der Waals surface area contributed by atoms with Crippen molar-refractivity contribution in [2.24, 2.45) is 0 Å². The lowest BCUT2D eigenvalue weighted by atomic mass is 9.59. The minimum absolute atomic E-state index is 0.0956. The first-order chi connectivity index (χ1) is 6.61. The van der Waals surface area contributed by atoms with E-state index in [0.717, 1.165) is 0 Å². The molecular formula is C8H12B2O4. The zero-order valence-electron chi connectivity index (χ0n) is 7.61. The monoisotopic (exact) mass is 194 g/mol. The molecule has 4 N–H and O–H groups in total. The van der Waals surface area contributed by atoms with Crippen molar-refractivity contribution < 1.29 is 20.1 Å². The summed E-state index contributed by atoms with van der Waals surface area (Å²) in [6, 6.07) is 8.75. The van der Waals surface area contributed by atoms with Crippen LogP contribution in [0.4, 0.5) is 0 Å². The van der Waals surface area contributed by atoms with Crippen LogP contribution in [0, 0.1) is 0 Å². The van der Waals surface area contributed by atoms with Crippen LogP contribution in [0.5, 0.6) is 0 Å². The van der Waals surface area contributed by atoms with Crippen LogP contribution in [0.3, 0.4) is 0 Å². The Labute approximate surface area is 83.1 Å². The molecule has 0 aliphatic rings. The molecule has 0 saturated heterocycles. The molecule has 1 unspecified atom stereocenters. The van der Waals surface area contributed by atoms with Crippen LogP contribution >= 0.6 is 0 Å². The molecule has 0 bridgehead atoms. The van der Waals surface area contributed by atoms with Crippen LogP contribution < -0.4 is 0 Å². The summed E-state index contributed by atoms with van der Waals surface area (Å²) in [5.41, 5.74) is 0.676. The Kier molecular flexibility index (Phi) is 4.16. The summed E-state index contributed by atoms with van der Waals surface area (Å²) >= 11 is 0. The van der Waals surface area contributed by atoms with Gasteiger partial charge in [-0.25, -0.2) is 0 Å². The van der Waals surface area contributed by atoms with E-state index in [1.165, 1.54) is 0 Å². The number of rotatable bonds is 4. The molecule has 4 nitrogen and oxygen atoms in total. The van der Waals surface area contributed by atoms with E-state index in [0.29, 0.717) is 5.56 Å². The van der Waals surface area contributed by atoms with Gasteiger partial charge < -0.3 is 20.1 Å². The maximum atomic E-state index is 9.05. The first-order valence-electron chi connectivity index (χ1n) is 4.38. The largest absolute Gasteiger partial charge is 0.458 e. The lowest BCUT2D eigenvalue weighted by Gasteiger charge is -2.15. The zero-order chi connectivity index (χ0) is 10.6. The third-order valence-electron chi connectivity index (χ3n) is 2.05. The van der Waals surface area contributed by atoms with Crippen LogP contribution in [-0.2, 0) is 0 Å². The van der Waals surface area contributed by atoms with Crippen LogP contribution in [0.25, 0.3) is 0 Å². The van der Waals surface area contributed by atoms with E-state index in [4.69, 9.17) is 20.1 Å². The average molecular weight is 194 g/mol. The summed E-state index contributed by atoms with van der Waals surface area (Å²) in [6.45, 7) is 0. The smallest absolute Gasteiger partial charge is 0.427 e. The van der Waals surface area contributed by atoms with Crippen molar-refractivity contribution in [3.8, 4) is 0 Å². The SMILES string of the molecule is OB(O)CC(B(O)O)c1ccccc1. The number of hydrogen-bond acceptors (Lipinski definition) is 4. The fourth-order valence-corrected chi connectivity index (χ4v) is 1.36. The van der Waals surface area contributed by atoms with Gasteiger partial charge in [0.05, 0.1) is 0 Å². The molecule has 1 atom stereocenters. The molecule has 1 aromatic carbocycles. The fourth-order valence-electron chi connectivity index (χ4n) is 1.36. The Bertz CT molecular complexity index is 265. The van der Waals surface area contributed by atoms with Crippen LogP contribution in [-0.4, -0.2) is 34.3 Å². The molecule has 0 fully saturated rings. The van der Waals surface area contributed by atoms with Gasteiger partial charge in [-0.2, -0.15) is 0 Å². The van der Waals surface area contributed by atoms with E-state index < -0.39 is 20.1 Å². The summed E-state index contributed by atoms with van der Waals surface area (Å²) in [5, 5.41) is 35.6. The summed E-state index contributed by atoms with van der Waals surface area (Å²) in [4.78, 5) is 0. The van der Waals surface area contributed by atoms with Crippen molar-refractivity contribution in [3.05, 3.63) is 35.9 Å². The van der Waals surface area contributed by atoms with Gasteiger partial charge in [-0.05, 0) is 11.9 Å². The third-order valence-corrected chi connectivity index (χ3v) is 2.05. The predicted molar refractivity (Wildman–Crippen MR) is 54.4 cm³/mol. The fraction of sp³-hybridized carbons (Fsp3) is 0.250. The minimum Gasteiger partial charge on any atom is -0.427 e. The van der Waals surface area contributed by atoms with Gasteiger partial charge in [0.1, 0.15) is 0 Å². The van der Waals surface area contributed by atoms with Crippen LogP contribution in [0.1, 0.15) is 11.4 Å². The normalized spacial score (nSPS) is 12.3. The van der Waals surface area contributed by atoms with Gasteiger partial charge in [-0.3, -0.25) is 0 Å². The maximum Gasteiger partial charge on any atom is 0.458 e. The topological polar surface area (TPSA) is 80.9 Å². The Morgan fingerprint density at radius 1 is 1.00 bits per heavy atom. The third kappa shape index (κ3) is 3.16. The van der Waals surface area contributed by atoms with Crippen molar-refractivity contribution in [1.29, 1.82) is 0 Å². The molecule has 0 aliphatic carbocycles. The quantitative estimate of drug-likeness (QED) is 0.475. The molecule has 6 heteroatoms. The van der Waals surface area contributed by atoms with Gasteiger partial charge in [0.15, 0.2) is 0 Å². The summed E-state index contributed by atoms with van der Waals surface area (Å²) in [5.74, 6) is -0.670. The van der Waals surface area contributed by atoms with Crippen molar-refractivity contribution in [3.63, 3.8) is 0 Å². The Hall–Kier alpha value is -0.810. The molecule has 0 aliphatic heterocycles. The van der Waals surface area contributed by atoms with Gasteiger partial charge in [0.25, 0.3) is 0 Å². The second kappa shape index (κ2) is 5.17. The zero-order valence-corrected chi connectivity index (χ0v) is 7.61. The highest BCUT2D eigenvalue weighted by Gasteiger charge is 2.28. The molecule has 0 aromatic heterocycles. The highest BCUT2D eigenvalue weighted by Crippen LogP contribution is 2.21. The molecule has 0 radical (unpaired) electrons. The predicted octanol–water partition coefficient (Wildman–Crippen LogP) is -0.745. The first kappa shape index (κ1) is 11.3. The highest BCUT2D eigenvalue weighted by atomic mass is 16.4. The maximum absolute atomic E-state index is 9.05. The van der Waals surface area contributed by atoms with Crippen molar-refractivity contribution in [2.75, 3.05) is 0 Å². The van der Waals surface area contributed by atoms with Crippen molar-refractivity contribution >= 4 is 14.2 Å². The van der Waals surface area contributed by atoms with E-state index in [1.807, 2.05) is 0 Å². The highest BCUT2D eigenvalue weighted by molar-refractivity contribution is 6.49. The molecular weight excluding hydrogens is 182 g/mol. The Morgan fingerprint density at radius 3 is 2.00 bits per heavy atom. The molecule has 0 spiro atoms. The van der Waals surface area contributed by atoms with E-state index in [9.17, 15) is 0 Å². The van der Waals surface area contributed by atoms with E-state index in [-0.39, 0.29) is 6.32 Å². The average Bonchev–Trinajstić information content (AvgIpc) is 2.15. The van der Waals surface area contributed by atoms with Gasteiger partial charge in [0, 0.05) is 5.82 Å². The van der Waals surface area contributed by atoms with Gasteiger partial charge in [-0.15, -0.1) is 0 Å². The van der Waals surface area contributed by atoms with E-state index in [2.05, 4.69) is 0 Å². The second-order valence-electron chi connectivity index (χ2n) is 3.15. The molecule has 1 aromatic rings.